The van der Waals surface area contributed by atoms with Gasteiger partial charge in [-0.1, -0.05) is 12.2 Å². The molecule has 2 nitrogen and oxygen atoms in total. The molecule has 1 rings (SSSR count). The summed E-state index contributed by atoms with van der Waals surface area (Å²) in [6.07, 6.45) is 8.99. The zero-order valence-corrected chi connectivity index (χ0v) is 7.89. The van der Waals surface area contributed by atoms with Crippen molar-refractivity contribution in [2.75, 3.05) is 0 Å². The smallest absolute Gasteiger partial charge is 0.0954 e. The average Bonchev–Trinajstić information content (AvgIpc) is 2.43. The highest BCUT2D eigenvalue weighted by atomic mass is 79.9. The van der Waals surface area contributed by atoms with Gasteiger partial charge in [-0.15, -0.1) is 30.1 Å². The van der Waals surface area contributed by atoms with Gasteiger partial charge in [-0.3, -0.25) is 0 Å². The van der Waals surface area contributed by atoms with E-state index in [0.29, 0.717) is 0 Å². The molecule has 0 bridgehead atoms. The lowest BCUT2D eigenvalue weighted by Gasteiger charge is -2.06. The van der Waals surface area contributed by atoms with E-state index in [2.05, 4.69) is 18.1 Å². The summed E-state index contributed by atoms with van der Waals surface area (Å²) in [7, 11) is 0. The molecule has 1 aromatic rings. The first kappa shape index (κ1) is 10.2. The first-order chi connectivity index (χ1) is 4.88. The summed E-state index contributed by atoms with van der Waals surface area (Å²) in [6, 6.07) is 0.169. The Morgan fingerprint density at radius 3 is 2.36 bits per heavy atom. The highest BCUT2D eigenvalue weighted by molar-refractivity contribution is 8.93. The molecule has 0 saturated carbocycles. The number of imidazole rings is 1. The van der Waals surface area contributed by atoms with Gasteiger partial charge in [-0.25, -0.2) is 4.98 Å². The highest BCUT2D eigenvalue weighted by Gasteiger charge is 1.96. The maximum atomic E-state index is 3.91. The molecular formula is C8H11BrN2. The second-order valence-corrected chi connectivity index (χ2v) is 1.97. The summed E-state index contributed by atoms with van der Waals surface area (Å²) < 4.78 is 1.93. The van der Waals surface area contributed by atoms with Crippen LogP contribution in [0.5, 0.6) is 0 Å². The van der Waals surface area contributed by atoms with Gasteiger partial charge in [0.2, 0.25) is 0 Å². The first-order valence-corrected chi connectivity index (χ1v) is 3.11. The first-order valence-electron chi connectivity index (χ1n) is 3.11. The van der Waals surface area contributed by atoms with Crippen LogP contribution in [-0.2, 0) is 0 Å². The summed E-state index contributed by atoms with van der Waals surface area (Å²) in [4.78, 5) is 3.91. The van der Waals surface area contributed by atoms with Crippen LogP contribution in [0, 0.1) is 0 Å². The zero-order chi connectivity index (χ0) is 7.40. The predicted molar refractivity (Wildman–Crippen MR) is 52.0 cm³/mol. The lowest BCUT2D eigenvalue weighted by atomic mass is 10.3. The third-order valence-corrected chi connectivity index (χ3v) is 1.35. The number of nitrogens with zero attached hydrogens (tertiary/aromatic N) is 2. The van der Waals surface area contributed by atoms with Gasteiger partial charge in [0.15, 0.2) is 0 Å². The fourth-order valence-electron chi connectivity index (χ4n) is 0.785. The van der Waals surface area contributed by atoms with Crippen LogP contribution in [0.3, 0.4) is 0 Å². The van der Waals surface area contributed by atoms with E-state index in [0.717, 1.165) is 0 Å². The largest absolute Gasteiger partial charge is 0.327 e. The van der Waals surface area contributed by atoms with Crippen LogP contribution in [0.1, 0.15) is 6.04 Å². The third-order valence-electron chi connectivity index (χ3n) is 1.35. The standard InChI is InChI=1S/C8H10N2.BrH/c1-3-8(4-2)10-6-5-9-7-10;/h3-8H,1-2H2;1H. The second-order valence-electron chi connectivity index (χ2n) is 1.97. The van der Waals surface area contributed by atoms with E-state index in [1.807, 2.05) is 22.9 Å². The van der Waals surface area contributed by atoms with Crippen LogP contribution in [0.25, 0.3) is 0 Å². The molecule has 0 spiro atoms. The van der Waals surface area contributed by atoms with Crippen molar-refractivity contribution in [3.05, 3.63) is 44.0 Å². The van der Waals surface area contributed by atoms with Gasteiger partial charge in [0.05, 0.1) is 12.4 Å². The molecule has 0 N–H and O–H groups in total. The van der Waals surface area contributed by atoms with E-state index < -0.39 is 0 Å². The molecule has 3 heteroatoms. The normalized spacial score (nSPS) is 8.82. The summed E-state index contributed by atoms with van der Waals surface area (Å²) in [6.45, 7) is 7.34. The Labute approximate surface area is 77.0 Å². The molecule has 0 fully saturated rings. The molecule has 0 aliphatic heterocycles. The van der Waals surface area contributed by atoms with Crippen molar-refractivity contribution in [2.24, 2.45) is 0 Å². The molecule has 1 heterocycles. The van der Waals surface area contributed by atoms with Crippen molar-refractivity contribution in [3.8, 4) is 0 Å². The Balaban J connectivity index is 0.000001000. The minimum Gasteiger partial charge on any atom is -0.327 e. The Bertz CT molecular complexity index is 208. The Morgan fingerprint density at radius 2 is 2.00 bits per heavy atom. The van der Waals surface area contributed by atoms with E-state index in [1.54, 1.807) is 12.5 Å². The number of allylic oxidation sites excluding steroid dienone is 2. The average molecular weight is 215 g/mol. The zero-order valence-electron chi connectivity index (χ0n) is 6.18. The van der Waals surface area contributed by atoms with Crippen LogP contribution in [-0.4, -0.2) is 9.55 Å². The number of hydrogen-bond acceptors (Lipinski definition) is 1. The van der Waals surface area contributed by atoms with Gasteiger partial charge in [-0.2, -0.15) is 0 Å². The molecule has 0 unspecified atom stereocenters. The number of aromatic nitrogens is 2. The molecule has 0 radical (unpaired) electrons. The molecule has 0 amide bonds. The van der Waals surface area contributed by atoms with Crippen molar-refractivity contribution >= 4 is 17.0 Å². The molecule has 0 atom stereocenters. The number of rotatable bonds is 3. The predicted octanol–water partition coefficient (Wildman–Crippen LogP) is 2.37. The van der Waals surface area contributed by atoms with Crippen LogP contribution >= 0.6 is 17.0 Å². The van der Waals surface area contributed by atoms with Crippen LogP contribution in [0.4, 0.5) is 0 Å². The summed E-state index contributed by atoms with van der Waals surface area (Å²) >= 11 is 0. The Morgan fingerprint density at radius 1 is 1.36 bits per heavy atom. The number of hydrogen-bond donors (Lipinski definition) is 0. The molecule has 60 valence electrons. The van der Waals surface area contributed by atoms with E-state index in [-0.39, 0.29) is 23.0 Å². The SMILES string of the molecule is Br.C=CC(C=C)n1ccnc1. The topological polar surface area (TPSA) is 17.8 Å². The third kappa shape index (κ3) is 2.35. The Hall–Kier alpha value is -0.830. The van der Waals surface area contributed by atoms with Crippen LogP contribution in [0.15, 0.2) is 44.0 Å². The molecule has 0 aliphatic carbocycles. The molecule has 1 aromatic heterocycles. The summed E-state index contributed by atoms with van der Waals surface area (Å²) in [5.74, 6) is 0. The second kappa shape index (κ2) is 4.91. The summed E-state index contributed by atoms with van der Waals surface area (Å²) in [5.41, 5.74) is 0. The van der Waals surface area contributed by atoms with Crippen molar-refractivity contribution in [1.29, 1.82) is 0 Å². The van der Waals surface area contributed by atoms with E-state index in [1.165, 1.54) is 0 Å². The van der Waals surface area contributed by atoms with Crippen LogP contribution in [0.2, 0.25) is 0 Å². The van der Waals surface area contributed by atoms with E-state index >= 15 is 0 Å². The van der Waals surface area contributed by atoms with Crippen molar-refractivity contribution in [1.82, 2.24) is 9.55 Å². The van der Waals surface area contributed by atoms with Gasteiger partial charge < -0.3 is 4.57 Å². The van der Waals surface area contributed by atoms with Gasteiger partial charge in [0.1, 0.15) is 0 Å². The van der Waals surface area contributed by atoms with Crippen molar-refractivity contribution < 1.29 is 0 Å². The monoisotopic (exact) mass is 214 g/mol. The highest BCUT2D eigenvalue weighted by Crippen LogP contribution is 2.06. The van der Waals surface area contributed by atoms with Gasteiger partial charge in [0, 0.05) is 12.4 Å². The molecular weight excluding hydrogens is 204 g/mol. The quantitative estimate of drug-likeness (QED) is 0.707. The number of halogens is 1. The minimum absolute atomic E-state index is 0. The lowest BCUT2D eigenvalue weighted by Crippen LogP contribution is -1.98. The molecule has 0 aliphatic rings. The van der Waals surface area contributed by atoms with Gasteiger partial charge in [-0.05, 0) is 0 Å². The Kier molecular flexibility index (Phi) is 4.54. The summed E-state index contributed by atoms with van der Waals surface area (Å²) in [5, 5.41) is 0. The fraction of sp³-hybridized carbons (Fsp3) is 0.125. The molecule has 0 saturated heterocycles. The van der Waals surface area contributed by atoms with Crippen molar-refractivity contribution in [3.63, 3.8) is 0 Å². The van der Waals surface area contributed by atoms with E-state index in [9.17, 15) is 0 Å². The maximum absolute atomic E-state index is 3.91. The minimum atomic E-state index is 0. The van der Waals surface area contributed by atoms with Crippen LogP contribution < -0.4 is 0 Å². The molecule has 11 heavy (non-hydrogen) atoms. The van der Waals surface area contributed by atoms with Crippen molar-refractivity contribution in [2.45, 2.75) is 6.04 Å². The fourth-order valence-corrected chi connectivity index (χ4v) is 0.785. The van der Waals surface area contributed by atoms with Gasteiger partial charge in [0.25, 0.3) is 0 Å². The molecule has 0 aromatic carbocycles. The van der Waals surface area contributed by atoms with E-state index in [4.69, 9.17) is 0 Å². The van der Waals surface area contributed by atoms with Gasteiger partial charge >= 0.3 is 0 Å². The maximum Gasteiger partial charge on any atom is 0.0954 e. The lowest BCUT2D eigenvalue weighted by molar-refractivity contribution is 0.724.